The van der Waals surface area contributed by atoms with E-state index in [0.29, 0.717) is 11.5 Å². The summed E-state index contributed by atoms with van der Waals surface area (Å²) in [4.78, 5) is 19.3. The molecule has 1 heterocycles. The van der Waals surface area contributed by atoms with Crippen LogP contribution in [0, 0.1) is 6.92 Å². The number of hydrogen-bond acceptors (Lipinski definition) is 3. The number of aldehydes is 1. The first-order valence-electron chi connectivity index (χ1n) is 5.63. The molecule has 2 aromatic rings. The second-order valence-electron chi connectivity index (χ2n) is 3.93. The van der Waals surface area contributed by atoms with Crippen LogP contribution in [0.4, 0.5) is 0 Å². The Morgan fingerprint density at radius 3 is 2.47 bits per heavy atom. The van der Waals surface area contributed by atoms with Gasteiger partial charge in [0.15, 0.2) is 12.1 Å². The maximum atomic E-state index is 10.8. The average molecular weight is 226 g/mol. The lowest BCUT2D eigenvalue weighted by Gasteiger charge is -2.03. The minimum Gasteiger partial charge on any atom is -0.296 e. The molecule has 0 aliphatic heterocycles. The van der Waals surface area contributed by atoms with E-state index >= 15 is 0 Å². The van der Waals surface area contributed by atoms with Gasteiger partial charge in [-0.2, -0.15) is 0 Å². The highest BCUT2D eigenvalue weighted by Gasteiger charge is 2.04. The third-order valence-electron chi connectivity index (χ3n) is 2.62. The second kappa shape index (κ2) is 4.87. The molecule has 0 fully saturated rings. The van der Waals surface area contributed by atoms with E-state index < -0.39 is 0 Å². The number of benzene rings is 1. The van der Waals surface area contributed by atoms with Crippen LogP contribution in [-0.4, -0.2) is 16.3 Å². The first kappa shape index (κ1) is 11.5. The van der Waals surface area contributed by atoms with Gasteiger partial charge < -0.3 is 0 Å². The smallest absolute Gasteiger partial charge is 0.168 e. The molecule has 1 aromatic heterocycles. The molecule has 17 heavy (non-hydrogen) atoms. The van der Waals surface area contributed by atoms with Crippen molar-refractivity contribution >= 4 is 6.29 Å². The molecule has 0 amide bonds. The molecule has 0 bridgehead atoms. The maximum absolute atomic E-state index is 10.8. The molecule has 0 unspecified atom stereocenters. The standard InChI is InChI=1S/C14H14N2O/c1-3-11-4-6-12(7-5-11)14-15-10(2)8-13(9-17)16-14/h4-9H,3H2,1-2H3. The summed E-state index contributed by atoms with van der Waals surface area (Å²) in [7, 11) is 0. The summed E-state index contributed by atoms with van der Waals surface area (Å²) >= 11 is 0. The highest BCUT2D eigenvalue weighted by atomic mass is 16.1. The van der Waals surface area contributed by atoms with Gasteiger partial charge >= 0.3 is 0 Å². The van der Waals surface area contributed by atoms with Crippen molar-refractivity contribution in [1.29, 1.82) is 0 Å². The Kier molecular flexibility index (Phi) is 3.28. The first-order chi connectivity index (χ1) is 8.22. The lowest BCUT2D eigenvalue weighted by molar-refractivity contribution is 0.111. The SMILES string of the molecule is CCc1ccc(-c2nc(C)cc(C=O)n2)cc1. The molecule has 3 heteroatoms. The fraction of sp³-hybridized carbons (Fsp3) is 0.214. The van der Waals surface area contributed by atoms with Gasteiger partial charge in [0, 0.05) is 11.3 Å². The largest absolute Gasteiger partial charge is 0.296 e. The zero-order chi connectivity index (χ0) is 12.3. The van der Waals surface area contributed by atoms with Crippen LogP contribution in [0.1, 0.15) is 28.7 Å². The first-order valence-corrected chi connectivity index (χ1v) is 5.63. The summed E-state index contributed by atoms with van der Waals surface area (Å²) in [5.41, 5.74) is 3.44. The van der Waals surface area contributed by atoms with E-state index in [1.807, 2.05) is 19.1 Å². The Morgan fingerprint density at radius 2 is 1.88 bits per heavy atom. The molecule has 0 spiro atoms. The van der Waals surface area contributed by atoms with E-state index in [1.54, 1.807) is 6.07 Å². The molecule has 2 rings (SSSR count). The normalized spacial score (nSPS) is 10.2. The lowest BCUT2D eigenvalue weighted by atomic mass is 10.1. The molecule has 0 N–H and O–H groups in total. The fourth-order valence-corrected chi connectivity index (χ4v) is 1.67. The Labute approximate surface area is 101 Å². The van der Waals surface area contributed by atoms with Gasteiger partial charge in [0.25, 0.3) is 0 Å². The third kappa shape index (κ3) is 2.56. The molecule has 1 aromatic carbocycles. The van der Waals surface area contributed by atoms with Crippen molar-refractivity contribution in [3.8, 4) is 11.4 Å². The van der Waals surface area contributed by atoms with Crippen LogP contribution >= 0.6 is 0 Å². The van der Waals surface area contributed by atoms with Crippen molar-refractivity contribution in [3.05, 3.63) is 47.3 Å². The van der Waals surface area contributed by atoms with E-state index in [0.717, 1.165) is 24.0 Å². The van der Waals surface area contributed by atoms with E-state index in [4.69, 9.17) is 0 Å². The van der Waals surface area contributed by atoms with Gasteiger partial charge in [0.2, 0.25) is 0 Å². The van der Waals surface area contributed by atoms with E-state index in [2.05, 4.69) is 29.0 Å². The summed E-state index contributed by atoms with van der Waals surface area (Å²) in [6.45, 7) is 3.97. The fourth-order valence-electron chi connectivity index (χ4n) is 1.67. The van der Waals surface area contributed by atoms with Crippen molar-refractivity contribution in [2.45, 2.75) is 20.3 Å². The van der Waals surface area contributed by atoms with E-state index in [-0.39, 0.29) is 0 Å². The van der Waals surface area contributed by atoms with Gasteiger partial charge in [-0.25, -0.2) is 9.97 Å². The van der Waals surface area contributed by atoms with E-state index in [9.17, 15) is 4.79 Å². The third-order valence-corrected chi connectivity index (χ3v) is 2.62. The summed E-state index contributed by atoms with van der Waals surface area (Å²) in [6, 6.07) is 9.77. The molecule has 0 radical (unpaired) electrons. The Bertz CT molecular complexity index is 532. The van der Waals surface area contributed by atoms with Gasteiger partial charge in [-0.15, -0.1) is 0 Å². The number of carbonyl (C=O) groups excluding carboxylic acids is 1. The highest BCUT2D eigenvalue weighted by Crippen LogP contribution is 2.16. The van der Waals surface area contributed by atoms with E-state index in [1.165, 1.54) is 5.56 Å². The molecular weight excluding hydrogens is 212 g/mol. The summed E-state index contributed by atoms with van der Waals surface area (Å²) < 4.78 is 0. The minimum atomic E-state index is 0.423. The average Bonchev–Trinajstić information content (AvgIpc) is 2.38. The zero-order valence-corrected chi connectivity index (χ0v) is 9.97. The van der Waals surface area contributed by atoms with Crippen molar-refractivity contribution in [2.75, 3.05) is 0 Å². The van der Waals surface area contributed by atoms with Gasteiger partial charge in [-0.1, -0.05) is 31.2 Å². The predicted octanol–water partition coefficient (Wildman–Crippen LogP) is 2.83. The monoisotopic (exact) mass is 226 g/mol. The van der Waals surface area contributed by atoms with Crippen molar-refractivity contribution in [2.24, 2.45) is 0 Å². The van der Waals surface area contributed by atoms with Gasteiger partial charge in [0.1, 0.15) is 5.69 Å². The summed E-state index contributed by atoms with van der Waals surface area (Å²) in [5.74, 6) is 0.606. The van der Waals surface area contributed by atoms with Gasteiger partial charge in [0.05, 0.1) is 0 Å². The number of rotatable bonds is 3. The minimum absolute atomic E-state index is 0.423. The van der Waals surface area contributed by atoms with Crippen LogP contribution < -0.4 is 0 Å². The van der Waals surface area contributed by atoms with Crippen LogP contribution in [0.15, 0.2) is 30.3 Å². The number of carbonyl (C=O) groups is 1. The molecule has 0 aliphatic rings. The molecule has 3 nitrogen and oxygen atoms in total. The van der Waals surface area contributed by atoms with Crippen molar-refractivity contribution in [1.82, 2.24) is 9.97 Å². The molecule has 86 valence electrons. The van der Waals surface area contributed by atoms with Crippen LogP contribution in [0.3, 0.4) is 0 Å². The lowest BCUT2D eigenvalue weighted by Crippen LogP contribution is -1.96. The Hall–Kier alpha value is -2.03. The van der Waals surface area contributed by atoms with Crippen molar-refractivity contribution in [3.63, 3.8) is 0 Å². The maximum Gasteiger partial charge on any atom is 0.168 e. The summed E-state index contributed by atoms with van der Waals surface area (Å²) in [5, 5.41) is 0. The molecule has 0 saturated heterocycles. The Balaban J connectivity index is 2.44. The topological polar surface area (TPSA) is 42.9 Å². The number of aromatic nitrogens is 2. The zero-order valence-electron chi connectivity index (χ0n) is 9.97. The second-order valence-corrected chi connectivity index (χ2v) is 3.93. The Morgan fingerprint density at radius 1 is 1.18 bits per heavy atom. The highest BCUT2D eigenvalue weighted by molar-refractivity contribution is 5.73. The van der Waals surface area contributed by atoms with Gasteiger partial charge in [-0.3, -0.25) is 4.79 Å². The summed E-state index contributed by atoms with van der Waals surface area (Å²) in [6.07, 6.45) is 1.76. The molecule has 0 saturated carbocycles. The van der Waals surface area contributed by atoms with Crippen molar-refractivity contribution < 1.29 is 4.79 Å². The van der Waals surface area contributed by atoms with Crippen LogP contribution in [-0.2, 0) is 6.42 Å². The number of nitrogens with zero attached hydrogens (tertiary/aromatic N) is 2. The number of hydrogen-bond donors (Lipinski definition) is 0. The quantitative estimate of drug-likeness (QED) is 0.756. The molecule has 0 aliphatic carbocycles. The van der Waals surface area contributed by atoms with Crippen LogP contribution in [0.5, 0.6) is 0 Å². The van der Waals surface area contributed by atoms with Gasteiger partial charge in [-0.05, 0) is 25.0 Å². The molecule has 0 atom stereocenters. The molecular formula is C14H14N2O. The predicted molar refractivity (Wildman–Crippen MR) is 67.0 cm³/mol. The van der Waals surface area contributed by atoms with Crippen LogP contribution in [0.2, 0.25) is 0 Å². The van der Waals surface area contributed by atoms with Crippen LogP contribution in [0.25, 0.3) is 11.4 Å². The number of aryl methyl sites for hydroxylation is 2.